The Balaban J connectivity index is 1.78. The van der Waals surface area contributed by atoms with Gasteiger partial charge in [0.25, 0.3) is 0 Å². The van der Waals surface area contributed by atoms with Crippen molar-refractivity contribution in [3.8, 4) is 0 Å². The summed E-state index contributed by atoms with van der Waals surface area (Å²) in [5.74, 6) is -0.428. The van der Waals surface area contributed by atoms with Crippen molar-refractivity contribution in [2.24, 2.45) is 0 Å². The smallest absolute Gasteiger partial charge is 0.308 e. The molecule has 0 aliphatic heterocycles. The summed E-state index contributed by atoms with van der Waals surface area (Å²) in [4.78, 5) is 14.5. The number of anilines is 2. The van der Waals surface area contributed by atoms with Crippen LogP contribution in [0.4, 0.5) is 20.6 Å². The Labute approximate surface area is 188 Å². The normalized spacial score (nSPS) is 11.2. The lowest BCUT2D eigenvalue weighted by atomic mass is 10.1. The number of nitrogens with one attached hydrogen (secondary N) is 2. The third-order valence-electron chi connectivity index (χ3n) is 4.91. The molecule has 0 bridgehead atoms. The fraction of sp³-hybridized carbons (Fsp3) is 0.208. The zero-order valence-electron chi connectivity index (χ0n) is 18.2. The van der Waals surface area contributed by atoms with Crippen LogP contribution in [-0.4, -0.2) is 27.5 Å². The minimum Gasteiger partial charge on any atom is -0.308 e. The van der Waals surface area contributed by atoms with Crippen molar-refractivity contribution in [3.63, 3.8) is 0 Å². The Kier molecular flexibility index (Phi) is 7.27. The summed E-state index contributed by atoms with van der Waals surface area (Å²) in [6.07, 6.45) is 0. The van der Waals surface area contributed by atoms with Crippen molar-refractivity contribution in [2.45, 2.75) is 25.7 Å². The molecule has 3 aromatic carbocycles. The molecule has 0 aliphatic rings. The maximum Gasteiger partial charge on any atom is 0.326 e. The van der Waals surface area contributed by atoms with Crippen LogP contribution in [0.15, 0.2) is 71.6 Å². The van der Waals surface area contributed by atoms with Crippen LogP contribution >= 0.6 is 0 Å². The van der Waals surface area contributed by atoms with E-state index in [0.29, 0.717) is 22.5 Å². The lowest BCUT2D eigenvalue weighted by Crippen LogP contribution is -2.41. The predicted molar refractivity (Wildman–Crippen MR) is 125 cm³/mol. The highest BCUT2D eigenvalue weighted by Crippen LogP contribution is 2.22. The fourth-order valence-corrected chi connectivity index (χ4v) is 5.11. The van der Waals surface area contributed by atoms with E-state index in [9.17, 15) is 17.6 Å². The van der Waals surface area contributed by atoms with Crippen LogP contribution in [0.1, 0.15) is 16.7 Å². The second-order valence-electron chi connectivity index (χ2n) is 7.55. The molecule has 3 aromatic rings. The van der Waals surface area contributed by atoms with Crippen molar-refractivity contribution in [3.05, 3.63) is 89.2 Å². The summed E-state index contributed by atoms with van der Waals surface area (Å²) in [6, 6.07) is 17.5. The Bertz CT molecular complexity index is 1170. The molecule has 8 heteroatoms. The lowest BCUT2D eigenvalue weighted by Gasteiger charge is -2.24. The molecule has 0 radical (unpaired) electrons. The monoisotopic (exact) mass is 455 g/mol. The predicted octanol–water partition coefficient (Wildman–Crippen LogP) is 4.77. The minimum absolute atomic E-state index is 0.0192. The number of carbonyl (C=O) groups is 1. The molecule has 2 N–H and O–H groups in total. The highest BCUT2D eigenvalue weighted by molar-refractivity contribution is 7.89. The summed E-state index contributed by atoms with van der Waals surface area (Å²) in [7, 11) is -3.78. The zero-order chi connectivity index (χ0) is 23.3. The van der Waals surface area contributed by atoms with E-state index in [0.717, 1.165) is 5.56 Å². The van der Waals surface area contributed by atoms with Crippen LogP contribution in [0, 0.1) is 26.6 Å². The Morgan fingerprint density at radius 2 is 1.53 bits per heavy atom. The first-order chi connectivity index (χ1) is 15.2. The second kappa shape index (κ2) is 9.93. The molecule has 0 heterocycles. The standard InChI is InChI=1S/C24H26FN3O3S/c1-17-15-18(2)23(19(3)16-17)32(30,31)26-13-14-28(22-11-9-20(25)10-12-22)24(29)27-21-7-5-4-6-8-21/h4-12,15-16,26H,13-14H2,1-3H3,(H,27,29). The molecule has 0 saturated carbocycles. The van der Waals surface area contributed by atoms with Gasteiger partial charge in [-0.25, -0.2) is 22.3 Å². The van der Waals surface area contributed by atoms with Crippen LogP contribution in [0.3, 0.4) is 0 Å². The van der Waals surface area contributed by atoms with Gasteiger partial charge in [0.1, 0.15) is 5.82 Å². The molecule has 0 saturated heterocycles. The van der Waals surface area contributed by atoms with E-state index in [-0.39, 0.29) is 18.0 Å². The molecule has 168 valence electrons. The van der Waals surface area contributed by atoms with Gasteiger partial charge < -0.3 is 5.32 Å². The van der Waals surface area contributed by atoms with Gasteiger partial charge >= 0.3 is 6.03 Å². The quantitative estimate of drug-likeness (QED) is 0.539. The minimum atomic E-state index is -3.78. The van der Waals surface area contributed by atoms with Crippen LogP contribution in [0.5, 0.6) is 0 Å². The van der Waals surface area contributed by atoms with E-state index >= 15 is 0 Å². The molecule has 2 amide bonds. The molecule has 0 spiro atoms. The largest absolute Gasteiger partial charge is 0.326 e. The van der Waals surface area contributed by atoms with Gasteiger partial charge in [-0.1, -0.05) is 35.9 Å². The SMILES string of the molecule is Cc1cc(C)c(S(=O)(=O)NCCN(C(=O)Nc2ccccc2)c2ccc(F)cc2)c(C)c1. The molecule has 0 fully saturated rings. The zero-order valence-corrected chi connectivity index (χ0v) is 19.0. The summed E-state index contributed by atoms with van der Waals surface area (Å²) < 4.78 is 41.8. The maximum absolute atomic E-state index is 13.4. The fourth-order valence-electron chi connectivity index (χ4n) is 3.64. The first kappa shape index (κ1) is 23.4. The second-order valence-corrected chi connectivity index (χ2v) is 9.25. The number of nitrogens with zero attached hydrogens (tertiary/aromatic N) is 1. The maximum atomic E-state index is 13.4. The van der Waals surface area contributed by atoms with Gasteiger partial charge in [-0.05, 0) is 68.3 Å². The van der Waals surface area contributed by atoms with Gasteiger partial charge in [-0.3, -0.25) is 4.90 Å². The number of halogens is 1. The third kappa shape index (κ3) is 5.72. The number of amides is 2. The number of carbonyl (C=O) groups excluding carboxylic acids is 1. The number of benzene rings is 3. The van der Waals surface area contributed by atoms with Crippen LogP contribution in [-0.2, 0) is 10.0 Å². The van der Waals surface area contributed by atoms with Gasteiger partial charge in [0.15, 0.2) is 0 Å². The van der Waals surface area contributed by atoms with Crippen molar-refractivity contribution >= 4 is 27.4 Å². The lowest BCUT2D eigenvalue weighted by molar-refractivity contribution is 0.257. The summed E-state index contributed by atoms with van der Waals surface area (Å²) in [6.45, 7) is 5.46. The van der Waals surface area contributed by atoms with E-state index in [4.69, 9.17) is 0 Å². The topological polar surface area (TPSA) is 78.5 Å². The van der Waals surface area contributed by atoms with E-state index in [1.54, 1.807) is 38.1 Å². The number of hydrogen-bond acceptors (Lipinski definition) is 3. The van der Waals surface area contributed by atoms with Gasteiger partial charge in [0.05, 0.1) is 4.90 Å². The van der Waals surface area contributed by atoms with E-state index in [2.05, 4.69) is 10.0 Å². The number of sulfonamides is 1. The molecule has 32 heavy (non-hydrogen) atoms. The van der Waals surface area contributed by atoms with Gasteiger partial charge in [0.2, 0.25) is 10.0 Å². The number of hydrogen-bond donors (Lipinski definition) is 2. The molecule has 0 atom stereocenters. The van der Waals surface area contributed by atoms with Gasteiger partial charge in [-0.15, -0.1) is 0 Å². The highest BCUT2D eigenvalue weighted by Gasteiger charge is 2.21. The van der Waals surface area contributed by atoms with Crippen molar-refractivity contribution in [1.82, 2.24) is 4.72 Å². The van der Waals surface area contributed by atoms with Crippen molar-refractivity contribution in [1.29, 1.82) is 0 Å². The Morgan fingerprint density at radius 3 is 2.12 bits per heavy atom. The molecule has 6 nitrogen and oxygen atoms in total. The Hall–Kier alpha value is -3.23. The number of aryl methyl sites for hydroxylation is 3. The van der Waals surface area contributed by atoms with Gasteiger partial charge in [-0.2, -0.15) is 0 Å². The average molecular weight is 456 g/mol. The van der Waals surface area contributed by atoms with Gasteiger partial charge in [0, 0.05) is 24.5 Å². The molecular weight excluding hydrogens is 429 g/mol. The summed E-state index contributed by atoms with van der Waals surface area (Å²) >= 11 is 0. The molecule has 0 aromatic heterocycles. The van der Waals surface area contributed by atoms with E-state index in [1.807, 2.05) is 25.1 Å². The summed E-state index contributed by atoms with van der Waals surface area (Å²) in [5, 5.41) is 2.77. The van der Waals surface area contributed by atoms with Crippen LogP contribution in [0.25, 0.3) is 0 Å². The van der Waals surface area contributed by atoms with Crippen molar-refractivity contribution in [2.75, 3.05) is 23.3 Å². The Morgan fingerprint density at radius 1 is 0.938 bits per heavy atom. The molecule has 0 aliphatic carbocycles. The average Bonchev–Trinajstić information content (AvgIpc) is 2.71. The van der Waals surface area contributed by atoms with E-state index in [1.165, 1.54) is 29.2 Å². The highest BCUT2D eigenvalue weighted by atomic mass is 32.2. The molecule has 3 rings (SSSR count). The van der Waals surface area contributed by atoms with Crippen LogP contribution < -0.4 is 14.9 Å². The first-order valence-corrected chi connectivity index (χ1v) is 11.6. The molecular formula is C24H26FN3O3S. The first-order valence-electron chi connectivity index (χ1n) is 10.1. The number of urea groups is 1. The summed E-state index contributed by atoms with van der Waals surface area (Å²) in [5.41, 5.74) is 3.34. The molecule has 0 unspecified atom stereocenters. The third-order valence-corrected chi connectivity index (χ3v) is 6.67. The van der Waals surface area contributed by atoms with E-state index < -0.39 is 21.9 Å². The van der Waals surface area contributed by atoms with Crippen LogP contribution in [0.2, 0.25) is 0 Å². The van der Waals surface area contributed by atoms with Crippen molar-refractivity contribution < 1.29 is 17.6 Å². The number of para-hydroxylation sites is 1. The number of rotatable bonds is 7.